The Kier molecular flexibility index (Phi) is 4.04. The Labute approximate surface area is 123 Å². The molecule has 2 rings (SSSR count). The lowest BCUT2D eigenvalue weighted by atomic mass is 10.2. The molecule has 0 aromatic heterocycles. The molecular weight excluding hydrogens is 312 g/mol. The molecule has 0 fully saturated rings. The predicted octanol–water partition coefficient (Wildman–Crippen LogP) is 1.44. The van der Waals surface area contributed by atoms with Crippen molar-refractivity contribution in [3.05, 3.63) is 54.1 Å². The summed E-state index contributed by atoms with van der Waals surface area (Å²) >= 11 is 0. The summed E-state index contributed by atoms with van der Waals surface area (Å²) in [5.74, 6) is 0. The average molecular weight is 326 g/mol. The molecule has 112 valence electrons. The molecule has 21 heavy (non-hydrogen) atoms. The summed E-state index contributed by atoms with van der Waals surface area (Å²) in [5, 5.41) is 5.06. The molecule has 0 bridgehead atoms. The molecule has 0 aliphatic carbocycles. The van der Waals surface area contributed by atoms with Gasteiger partial charge in [-0.2, -0.15) is 0 Å². The van der Waals surface area contributed by atoms with Crippen LogP contribution in [0.5, 0.6) is 0 Å². The number of primary sulfonamides is 1. The Morgan fingerprint density at radius 3 is 2.10 bits per heavy atom. The average Bonchev–Trinajstić information content (AvgIpc) is 2.37. The molecule has 0 amide bonds. The first-order valence-electron chi connectivity index (χ1n) is 5.91. The van der Waals surface area contributed by atoms with E-state index in [1.807, 2.05) is 0 Å². The number of nitrogens with one attached hydrogen (secondary N) is 1. The Morgan fingerprint density at radius 1 is 0.952 bits per heavy atom. The maximum absolute atomic E-state index is 12.1. The van der Waals surface area contributed by atoms with Gasteiger partial charge in [0.25, 0.3) is 10.0 Å². The van der Waals surface area contributed by atoms with Crippen molar-refractivity contribution in [2.75, 3.05) is 4.72 Å². The highest BCUT2D eigenvalue weighted by Crippen LogP contribution is 2.21. The minimum Gasteiger partial charge on any atom is -0.280 e. The molecule has 0 atom stereocenters. The highest BCUT2D eigenvalue weighted by atomic mass is 32.2. The molecule has 0 aliphatic heterocycles. The minimum absolute atomic E-state index is 0.0369. The molecule has 3 N–H and O–H groups in total. The summed E-state index contributed by atoms with van der Waals surface area (Å²) in [5.41, 5.74) is 0.634. The van der Waals surface area contributed by atoms with Gasteiger partial charge in [-0.15, -0.1) is 0 Å². The molecule has 8 heteroatoms. The van der Waals surface area contributed by atoms with Gasteiger partial charge in [0.05, 0.1) is 9.79 Å². The van der Waals surface area contributed by atoms with Gasteiger partial charge >= 0.3 is 0 Å². The van der Waals surface area contributed by atoms with E-state index in [-0.39, 0.29) is 15.5 Å². The topological polar surface area (TPSA) is 106 Å². The predicted molar refractivity (Wildman–Crippen MR) is 79.8 cm³/mol. The van der Waals surface area contributed by atoms with E-state index in [0.29, 0.717) is 5.56 Å². The smallest absolute Gasteiger partial charge is 0.261 e. The van der Waals surface area contributed by atoms with Gasteiger partial charge in [0, 0.05) is 5.69 Å². The van der Waals surface area contributed by atoms with E-state index >= 15 is 0 Å². The van der Waals surface area contributed by atoms with Gasteiger partial charge in [0.2, 0.25) is 10.0 Å². The molecule has 2 aromatic carbocycles. The summed E-state index contributed by atoms with van der Waals surface area (Å²) in [6.45, 7) is 1.54. The van der Waals surface area contributed by atoms with E-state index in [1.54, 1.807) is 25.1 Å². The van der Waals surface area contributed by atoms with Gasteiger partial charge < -0.3 is 0 Å². The van der Waals surface area contributed by atoms with Gasteiger partial charge in [0.15, 0.2) is 0 Å². The van der Waals surface area contributed by atoms with Crippen molar-refractivity contribution in [1.82, 2.24) is 0 Å². The highest BCUT2D eigenvalue weighted by molar-refractivity contribution is 7.92. The zero-order chi connectivity index (χ0) is 15.7. The molecule has 0 spiro atoms. The monoisotopic (exact) mass is 326 g/mol. The van der Waals surface area contributed by atoms with Gasteiger partial charge in [-0.3, -0.25) is 4.72 Å². The van der Waals surface area contributed by atoms with E-state index in [0.717, 1.165) is 0 Å². The van der Waals surface area contributed by atoms with Crippen LogP contribution in [0.3, 0.4) is 0 Å². The third-order valence-corrected chi connectivity index (χ3v) is 5.26. The van der Waals surface area contributed by atoms with Crippen molar-refractivity contribution in [2.24, 2.45) is 5.14 Å². The zero-order valence-corrected chi connectivity index (χ0v) is 12.8. The summed E-state index contributed by atoms with van der Waals surface area (Å²) < 4.78 is 49.3. The van der Waals surface area contributed by atoms with Crippen molar-refractivity contribution < 1.29 is 16.8 Å². The number of benzene rings is 2. The molecule has 0 saturated carbocycles. The molecular formula is C13H14N2O4S2. The van der Waals surface area contributed by atoms with Gasteiger partial charge in [-0.1, -0.05) is 18.2 Å². The lowest BCUT2D eigenvalue weighted by Gasteiger charge is -2.10. The van der Waals surface area contributed by atoms with E-state index in [1.165, 1.54) is 30.3 Å². The fourth-order valence-corrected chi connectivity index (χ4v) is 3.68. The quantitative estimate of drug-likeness (QED) is 0.886. The van der Waals surface area contributed by atoms with E-state index < -0.39 is 20.0 Å². The highest BCUT2D eigenvalue weighted by Gasteiger charge is 2.16. The maximum atomic E-state index is 12.1. The van der Waals surface area contributed by atoms with Crippen LogP contribution in [0.4, 0.5) is 5.69 Å². The van der Waals surface area contributed by atoms with Crippen molar-refractivity contribution in [2.45, 2.75) is 16.7 Å². The number of sulfonamides is 2. The Hall–Kier alpha value is -1.90. The van der Waals surface area contributed by atoms with Crippen LogP contribution in [-0.4, -0.2) is 16.8 Å². The fraction of sp³-hybridized carbons (Fsp3) is 0.0769. The Bertz CT molecular complexity index is 860. The third-order valence-electron chi connectivity index (χ3n) is 2.79. The summed E-state index contributed by atoms with van der Waals surface area (Å²) in [7, 11) is -7.53. The molecule has 0 saturated heterocycles. The van der Waals surface area contributed by atoms with Crippen LogP contribution in [-0.2, 0) is 20.0 Å². The molecule has 0 unspecified atom stereocenters. The van der Waals surface area contributed by atoms with Crippen molar-refractivity contribution >= 4 is 25.7 Å². The van der Waals surface area contributed by atoms with Crippen LogP contribution in [0.1, 0.15) is 5.56 Å². The van der Waals surface area contributed by atoms with Crippen LogP contribution in [0.25, 0.3) is 0 Å². The number of hydrogen-bond donors (Lipinski definition) is 2. The van der Waals surface area contributed by atoms with Gasteiger partial charge in [-0.25, -0.2) is 22.0 Å². The second kappa shape index (κ2) is 5.47. The molecule has 2 aromatic rings. The van der Waals surface area contributed by atoms with Gasteiger partial charge in [-0.05, 0) is 42.8 Å². The molecule has 0 heterocycles. The SMILES string of the molecule is Cc1cc(NS(=O)(=O)c2ccccc2)ccc1S(N)(=O)=O. The lowest BCUT2D eigenvalue weighted by molar-refractivity contribution is 0.597. The van der Waals surface area contributed by atoms with Crippen molar-refractivity contribution in [3.8, 4) is 0 Å². The summed E-state index contributed by atoms with van der Waals surface area (Å²) in [6.07, 6.45) is 0. The van der Waals surface area contributed by atoms with Crippen LogP contribution in [0.15, 0.2) is 58.3 Å². The molecule has 0 radical (unpaired) electrons. The van der Waals surface area contributed by atoms with E-state index in [4.69, 9.17) is 5.14 Å². The second-order valence-electron chi connectivity index (χ2n) is 4.44. The van der Waals surface area contributed by atoms with Crippen molar-refractivity contribution in [1.29, 1.82) is 0 Å². The Balaban J connectivity index is 2.36. The first-order chi connectivity index (χ1) is 9.70. The third kappa shape index (κ3) is 3.60. The van der Waals surface area contributed by atoms with Crippen LogP contribution >= 0.6 is 0 Å². The maximum Gasteiger partial charge on any atom is 0.261 e. The largest absolute Gasteiger partial charge is 0.280 e. The Morgan fingerprint density at radius 2 is 1.57 bits per heavy atom. The zero-order valence-electron chi connectivity index (χ0n) is 11.1. The fourth-order valence-electron chi connectivity index (χ4n) is 1.85. The van der Waals surface area contributed by atoms with E-state index in [2.05, 4.69) is 4.72 Å². The van der Waals surface area contributed by atoms with E-state index in [9.17, 15) is 16.8 Å². The standard InChI is InChI=1S/C13H14N2O4S2/c1-10-9-11(7-8-13(10)20(14,16)17)15-21(18,19)12-5-3-2-4-6-12/h2-9,15H,1H3,(H2,14,16,17). The number of nitrogens with two attached hydrogens (primary N) is 1. The van der Waals surface area contributed by atoms with Gasteiger partial charge in [0.1, 0.15) is 0 Å². The van der Waals surface area contributed by atoms with Crippen molar-refractivity contribution in [3.63, 3.8) is 0 Å². The van der Waals surface area contributed by atoms with Crippen LogP contribution in [0.2, 0.25) is 0 Å². The number of anilines is 1. The second-order valence-corrected chi connectivity index (χ2v) is 7.66. The summed E-state index contributed by atoms with van der Waals surface area (Å²) in [4.78, 5) is 0.0864. The first kappa shape index (κ1) is 15.5. The van der Waals surface area contributed by atoms with Crippen LogP contribution in [0, 0.1) is 6.92 Å². The number of aryl methyl sites for hydroxylation is 1. The lowest BCUT2D eigenvalue weighted by Crippen LogP contribution is -2.15. The minimum atomic E-state index is -3.82. The first-order valence-corrected chi connectivity index (χ1v) is 8.94. The number of hydrogen-bond acceptors (Lipinski definition) is 4. The normalized spacial score (nSPS) is 12.1. The molecule has 6 nitrogen and oxygen atoms in total. The summed E-state index contributed by atoms with van der Waals surface area (Å²) in [6, 6.07) is 11.9. The number of rotatable bonds is 4. The molecule has 0 aliphatic rings. The van der Waals surface area contributed by atoms with Crippen LogP contribution < -0.4 is 9.86 Å².